The van der Waals surface area contributed by atoms with Crippen LogP contribution in [-0.4, -0.2) is 16.9 Å². The van der Waals surface area contributed by atoms with E-state index in [2.05, 4.69) is 10.3 Å². The minimum atomic E-state index is -0.0216. The van der Waals surface area contributed by atoms with Crippen LogP contribution in [0.25, 0.3) is 0 Å². The maximum atomic E-state index is 12.0. The highest BCUT2D eigenvalue weighted by Crippen LogP contribution is 2.44. The highest BCUT2D eigenvalue weighted by Gasteiger charge is 2.40. The molecular weight excluding hydrogens is 236 g/mol. The fraction of sp³-hybridized carbons (Fsp3) is 0.538. The van der Waals surface area contributed by atoms with Gasteiger partial charge in [0.05, 0.1) is 5.56 Å². The number of halogens is 1. The molecule has 2 aliphatic rings. The normalized spacial score (nSPS) is 30.5. The van der Waals surface area contributed by atoms with E-state index >= 15 is 0 Å². The van der Waals surface area contributed by atoms with Crippen LogP contribution in [0.3, 0.4) is 0 Å². The summed E-state index contributed by atoms with van der Waals surface area (Å²) in [5.41, 5.74) is 0.595. The molecule has 3 atom stereocenters. The van der Waals surface area contributed by atoms with Gasteiger partial charge >= 0.3 is 0 Å². The fourth-order valence-corrected chi connectivity index (χ4v) is 3.30. The maximum absolute atomic E-state index is 12.0. The molecule has 17 heavy (non-hydrogen) atoms. The van der Waals surface area contributed by atoms with Crippen molar-refractivity contribution in [2.24, 2.45) is 11.8 Å². The molecule has 2 bridgehead atoms. The number of nitrogens with one attached hydrogen (secondary N) is 1. The second-order valence-electron chi connectivity index (χ2n) is 5.12. The number of fused-ring (bicyclic) bond motifs is 2. The topological polar surface area (TPSA) is 42.0 Å². The minimum Gasteiger partial charge on any atom is -0.349 e. The van der Waals surface area contributed by atoms with E-state index in [-0.39, 0.29) is 5.91 Å². The summed E-state index contributed by atoms with van der Waals surface area (Å²) in [5.74, 6) is 1.52. The van der Waals surface area contributed by atoms with Crippen LogP contribution in [0.15, 0.2) is 18.3 Å². The lowest BCUT2D eigenvalue weighted by atomic mass is 9.95. The molecular formula is C13H15ClN2O. The molecule has 0 spiro atoms. The molecule has 2 fully saturated rings. The molecule has 0 saturated heterocycles. The molecule has 1 heterocycles. The van der Waals surface area contributed by atoms with Crippen LogP contribution < -0.4 is 5.32 Å². The molecule has 0 radical (unpaired) electrons. The number of aromatic nitrogens is 1. The van der Waals surface area contributed by atoms with Gasteiger partial charge < -0.3 is 5.32 Å². The lowest BCUT2D eigenvalue weighted by Gasteiger charge is -2.22. The Morgan fingerprint density at radius 3 is 2.82 bits per heavy atom. The van der Waals surface area contributed by atoms with E-state index in [1.54, 1.807) is 12.1 Å². The largest absolute Gasteiger partial charge is 0.349 e. The molecule has 1 aromatic heterocycles. The van der Waals surface area contributed by atoms with Crippen LogP contribution in [0.5, 0.6) is 0 Å². The van der Waals surface area contributed by atoms with Crippen molar-refractivity contribution in [2.75, 3.05) is 0 Å². The van der Waals surface area contributed by atoms with Crippen molar-refractivity contribution in [2.45, 2.75) is 31.7 Å². The quantitative estimate of drug-likeness (QED) is 0.820. The lowest BCUT2D eigenvalue weighted by Crippen LogP contribution is -2.38. The summed E-state index contributed by atoms with van der Waals surface area (Å²) in [7, 11) is 0. The third-order valence-electron chi connectivity index (χ3n) is 4.04. The van der Waals surface area contributed by atoms with E-state index in [9.17, 15) is 4.79 Å². The Hall–Kier alpha value is -1.09. The van der Waals surface area contributed by atoms with Crippen LogP contribution in [0.1, 0.15) is 36.0 Å². The van der Waals surface area contributed by atoms with Gasteiger partial charge in [0.15, 0.2) is 0 Å². The van der Waals surface area contributed by atoms with Gasteiger partial charge in [-0.05, 0) is 43.2 Å². The number of amides is 1. The van der Waals surface area contributed by atoms with Gasteiger partial charge in [-0.2, -0.15) is 0 Å². The van der Waals surface area contributed by atoms with Gasteiger partial charge in [-0.3, -0.25) is 4.79 Å². The third-order valence-corrected chi connectivity index (χ3v) is 4.27. The first-order valence-corrected chi connectivity index (χ1v) is 6.52. The molecule has 2 saturated carbocycles. The summed E-state index contributed by atoms with van der Waals surface area (Å²) in [5, 5.41) is 3.54. The first-order valence-electron chi connectivity index (χ1n) is 6.15. The van der Waals surface area contributed by atoms with Gasteiger partial charge in [-0.15, -0.1) is 0 Å². The van der Waals surface area contributed by atoms with E-state index in [4.69, 9.17) is 11.6 Å². The summed E-state index contributed by atoms with van der Waals surface area (Å²) in [6.07, 6.45) is 6.60. The molecule has 4 heteroatoms. The van der Waals surface area contributed by atoms with E-state index in [1.165, 1.54) is 25.5 Å². The van der Waals surface area contributed by atoms with Crippen molar-refractivity contribution in [3.05, 3.63) is 29.0 Å². The average molecular weight is 251 g/mol. The van der Waals surface area contributed by atoms with E-state index in [1.807, 2.05) is 0 Å². The molecule has 2 aliphatic carbocycles. The van der Waals surface area contributed by atoms with Gasteiger partial charge in [0, 0.05) is 12.2 Å². The van der Waals surface area contributed by atoms with Crippen LogP contribution >= 0.6 is 11.6 Å². The first-order chi connectivity index (χ1) is 8.22. The van der Waals surface area contributed by atoms with Gasteiger partial charge in [-0.25, -0.2) is 4.98 Å². The van der Waals surface area contributed by atoms with Crippen LogP contribution in [0.2, 0.25) is 5.15 Å². The number of hydrogen-bond donors (Lipinski definition) is 1. The number of hydrogen-bond acceptors (Lipinski definition) is 2. The summed E-state index contributed by atoms with van der Waals surface area (Å²) >= 11 is 5.70. The van der Waals surface area contributed by atoms with Gasteiger partial charge in [0.2, 0.25) is 0 Å². The second-order valence-corrected chi connectivity index (χ2v) is 5.51. The zero-order valence-electron chi connectivity index (χ0n) is 9.53. The van der Waals surface area contributed by atoms with E-state index in [0.717, 1.165) is 12.3 Å². The number of carbonyl (C=O) groups is 1. The predicted molar refractivity (Wildman–Crippen MR) is 65.9 cm³/mol. The van der Waals surface area contributed by atoms with Gasteiger partial charge in [-0.1, -0.05) is 18.0 Å². The van der Waals surface area contributed by atoms with Crippen LogP contribution in [-0.2, 0) is 0 Å². The average Bonchev–Trinajstić information content (AvgIpc) is 2.91. The van der Waals surface area contributed by atoms with Crippen molar-refractivity contribution in [3.63, 3.8) is 0 Å². The Kier molecular flexibility index (Phi) is 2.79. The number of nitrogens with zero attached hydrogens (tertiary/aromatic N) is 1. The summed E-state index contributed by atoms with van der Waals surface area (Å²) in [6.45, 7) is 0. The summed E-state index contributed by atoms with van der Waals surface area (Å²) in [4.78, 5) is 15.9. The van der Waals surface area contributed by atoms with Crippen molar-refractivity contribution < 1.29 is 4.79 Å². The van der Waals surface area contributed by atoms with Crippen LogP contribution in [0, 0.1) is 11.8 Å². The molecule has 1 aromatic rings. The van der Waals surface area contributed by atoms with Crippen molar-refractivity contribution in [3.8, 4) is 0 Å². The van der Waals surface area contributed by atoms with Crippen molar-refractivity contribution in [1.82, 2.24) is 10.3 Å². The molecule has 0 aromatic carbocycles. The van der Waals surface area contributed by atoms with E-state index in [0.29, 0.717) is 22.7 Å². The fourth-order valence-electron chi connectivity index (χ4n) is 3.18. The lowest BCUT2D eigenvalue weighted by molar-refractivity contribution is 0.0922. The van der Waals surface area contributed by atoms with E-state index < -0.39 is 0 Å². The number of carbonyl (C=O) groups excluding carboxylic acids is 1. The highest BCUT2D eigenvalue weighted by molar-refractivity contribution is 6.29. The highest BCUT2D eigenvalue weighted by atomic mass is 35.5. The first kappa shape index (κ1) is 11.0. The second kappa shape index (κ2) is 4.30. The Bertz CT molecular complexity index is 432. The standard InChI is InChI=1S/C13H15ClN2O/c14-12-4-3-10(7-15-12)13(17)16-11-6-8-1-2-9(11)5-8/h3-4,7-9,11H,1-2,5-6H2,(H,16,17). The molecule has 3 nitrogen and oxygen atoms in total. The molecule has 1 N–H and O–H groups in total. The molecule has 3 unspecified atom stereocenters. The SMILES string of the molecule is O=C(NC1CC2CCC1C2)c1ccc(Cl)nc1. The summed E-state index contributed by atoms with van der Waals surface area (Å²) < 4.78 is 0. The summed E-state index contributed by atoms with van der Waals surface area (Å²) in [6, 6.07) is 3.74. The zero-order chi connectivity index (χ0) is 11.8. The maximum Gasteiger partial charge on any atom is 0.253 e. The molecule has 90 valence electrons. The Labute approximate surface area is 106 Å². The molecule has 1 amide bonds. The number of pyridine rings is 1. The van der Waals surface area contributed by atoms with Gasteiger partial charge in [0.1, 0.15) is 5.15 Å². The third kappa shape index (κ3) is 2.16. The Morgan fingerprint density at radius 2 is 2.24 bits per heavy atom. The number of rotatable bonds is 2. The molecule has 3 rings (SSSR count). The Morgan fingerprint density at radius 1 is 1.35 bits per heavy atom. The zero-order valence-corrected chi connectivity index (χ0v) is 10.3. The van der Waals surface area contributed by atoms with Gasteiger partial charge in [0.25, 0.3) is 5.91 Å². The van der Waals surface area contributed by atoms with Crippen molar-refractivity contribution >= 4 is 17.5 Å². The minimum absolute atomic E-state index is 0.0216. The smallest absolute Gasteiger partial charge is 0.253 e. The van der Waals surface area contributed by atoms with Crippen LogP contribution in [0.4, 0.5) is 0 Å². The van der Waals surface area contributed by atoms with Crippen molar-refractivity contribution in [1.29, 1.82) is 0 Å². The monoisotopic (exact) mass is 250 g/mol. The predicted octanol–water partition coefficient (Wildman–Crippen LogP) is 2.65. The molecule has 0 aliphatic heterocycles. The Balaban J connectivity index is 1.65.